The van der Waals surface area contributed by atoms with E-state index in [1.807, 2.05) is 49.4 Å². The highest BCUT2D eigenvalue weighted by Crippen LogP contribution is 2.31. The molecule has 0 radical (unpaired) electrons. The molecule has 2 N–H and O–H groups in total. The maximum Gasteiger partial charge on any atom is 0.265 e. The minimum absolute atomic E-state index is 0.0744. The fourth-order valence-corrected chi connectivity index (χ4v) is 5.01. The SMILES string of the molecule is CCCC(Oc1ccc2[nH]c(-c3ccc(Cl)s3)nc2c1)C(=O)Nc1ccc(N2CCOCC2=O)cc1. The van der Waals surface area contributed by atoms with E-state index >= 15 is 0 Å². The Morgan fingerprint density at radius 2 is 2.08 bits per heavy atom. The van der Waals surface area contributed by atoms with Gasteiger partial charge in [0, 0.05) is 24.0 Å². The van der Waals surface area contributed by atoms with E-state index in [4.69, 9.17) is 21.1 Å². The van der Waals surface area contributed by atoms with E-state index < -0.39 is 6.10 Å². The van der Waals surface area contributed by atoms with Gasteiger partial charge in [-0.05, 0) is 55.0 Å². The summed E-state index contributed by atoms with van der Waals surface area (Å²) in [6, 6.07) is 16.5. The fourth-order valence-electron chi connectivity index (χ4n) is 4.03. The number of aromatic nitrogens is 2. The van der Waals surface area contributed by atoms with Crippen LogP contribution in [0.2, 0.25) is 4.34 Å². The lowest BCUT2D eigenvalue weighted by Gasteiger charge is -2.27. The summed E-state index contributed by atoms with van der Waals surface area (Å²) in [6.45, 7) is 3.11. The van der Waals surface area contributed by atoms with Crippen molar-refractivity contribution in [1.82, 2.24) is 9.97 Å². The third-order valence-electron chi connectivity index (χ3n) is 5.82. The molecule has 10 heteroatoms. The minimum Gasteiger partial charge on any atom is -0.481 e. The summed E-state index contributed by atoms with van der Waals surface area (Å²) in [4.78, 5) is 35.7. The van der Waals surface area contributed by atoms with Crippen molar-refractivity contribution < 1.29 is 19.1 Å². The van der Waals surface area contributed by atoms with Crippen LogP contribution in [0.3, 0.4) is 0 Å². The zero-order chi connectivity index (χ0) is 25.1. The van der Waals surface area contributed by atoms with Gasteiger partial charge in [0.1, 0.15) is 18.2 Å². The number of carbonyl (C=O) groups excluding carboxylic acids is 2. The third-order valence-corrected chi connectivity index (χ3v) is 7.05. The first-order valence-corrected chi connectivity index (χ1v) is 12.9. The second kappa shape index (κ2) is 10.7. The smallest absolute Gasteiger partial charge is 0.265 e. The number of carbonyl (C=O) groups is 2. The van der Waals surface area contributed by atoms with Crippen LogP contribution in [-0.4, -0.2) is 47.6 Å². The number of nitrogens with zero attached hydrogens (tertiary/aromatic N) is 2. The van der Waals surface area contributed by atoms with Gasteiger partial charge in [0.2, 0.25) is 0 Å². The summed E-state index contributed by atoms with van der Waals surface area (Å²) in [5.41, 5.74) is 3.03. The van der Waals surface area contributed by atoms with Gasteiger partial charge in [-0.2, -0.15) is 0 Å². The maximum absolute atomic E-state index is 13.1. The van der Waals surface area contributed by atoms with E-state index in [-0.39, 0.29) is 18.4 Å². The number of anilines is 2. The number of morpholine rings is 1. The number of ether oxygens (including phenoxy) is 2. The maximum atomic E-state index is 13.1. The highest BCUT2D eigenvalue weighted by Gasteiger charge is 2.22. The molecule has 0 saturated carbocycles. The Labute approximate surface area is 217 Å². The molecule has 186 valence electrons. The van der Waals surface area contributed by atoms with E-state index in [2.05, 4.69) is 15.3 Å². The molecule has 1 unspecified atom stereocenters. The average Bonchev–Trinajstić information content (AvgIpc) is 3.50. The van der Waals surface area contributed by atoms with Crippen LogP contribution in [0.4, 0.5) is 11.4 Å². The Kier molecular flexibility index (Phi) is 7.22. The molecule has 4 aromatic rings. The van der Waals surface area contributed by atoms with Crippen LogP contribution in [0.25, 0.3) is 21.7 Å². The van der Waals surface area contributed by atoms with E-state index in [0.29, 0.717) is 35.3 Å². The fraction of sp³-hybridized carbons (Fsp3) is 0.269. The van der Waals surface area contributed by atoms with Crippen LogP contribution in [0.15, 0.2) is 54.6 Å². The number of halogens is 1. The summed E-state index contributed by atoms with van der Waals surface area (Å²) in [7, 11) is 0. The molecular weight excluding hydrogens is 500 g/mol. The van der Waals surface area contributed by atoms with Crippen molar-refractivity contribution in [1.29, 1.82) is 0 Å². The summed E-state index contributed by atoms with van der Waals surface area (Å²) < 4.78 is 12.0. The molecule has 0 spiro atoms. The predicted octanol–water partition coefficient (Wildman–Crippen LogP) is 5.49. The van der Waals surface area contributed by atoms with Crippen molar-refractivity contribution in [2.24, 2.45) is 0 Å². The van der Waals surface area contributed by atoms with Crippen molar-refractivity contribution in [2.45, 2.75) is 25.9 Å². The number of imidazole rings is 1. The largest absolute Gasteiger partial charge is 0.481 e. The quantitative estimate of drug-likeness (QED) is 0.317. The third kappa shape index (κ3) is 5.38. The molecule has 1 atom stereocenters. The van der Waals surface area contributed by atoms with Gasteiger partial charge >= 0.3 is 0 Å². The number of amides is 2. The number of nitrogens with one attached hydrogen (secondary N) is 2. The van der Waals surface area contributed by atoms with Crippen LogP contribution in [0.5, 0.6) is 5.75 Å². The standard InChI is InChI=1S/C26H25ClN4O4S/c1-2-3-21(26(33)28-16-4-6-17(7-5-16)31-12-13-34-15-24(31)32)35-18-8-9-19-20(14-18)30-25(29-19)22-10-11-23(27)36-22/h4-11,14,21H,2-3,12-13,15H2,1H3,(H,28,33)(H,29,30). The zero-order valence-electron chi connectivity index (χ0n) is 19.6. The number of H-pyrrole nitrogens is 1. The van der Waals surface area contributed by atoms with Gasteiger partial charge in [-0.1, -0.05) is 24.9 Å². The Balaban J connectivity index is 1.27. The van der Waals surface area contributed by atoms with Crippen LogP contribution in [0, 0.1) is 0 Å². The number of rotatable bonds is 8. The predicted molar refractivity (Wildman–Crippen MR) is 142 cm³/mol. The molecule has 2 aromatic carbocycles. The summed E-state index contributed by atoms with van der Waals surface area (Å²) in [5, 5.41) is 2.93. The van der Waals surface area contributed by atoms with Gasteiger partial charge in [-0.3, -0.25) is 9.59 Å². The molecule has 1 saturated heterocycles. The molecule has 8 nitrogen and oxygen atoms in total. The van der Waals surface area contributed by atoms with E-state index in [9.17, 15) is 9.59 Å². The normalized spacial score (nSPS) is 14.7. The van der Waals surface area contributed by atoms with Crippen LogP contribution in [0.1, 0.15) is 19.8 Å². The summed E-state index contributed by atoms with van der Waals surface area (Å²) in [5.74, 6) is 1.00. The number of hydrogen-bond donors (Lipinski definition) is 2. The van der Waals surface area contributed by atoms with E-state index in [0.717, 1.165) is 33.8 Å². The molecule has 5 rings (SSSR count). The number of fused-ring (bicyclic) bond motifs is 1. The molecular formula is C26H25ClN4O4S. The molecule has 3 heterocycles. The zero-order valence-corrected chi connectivity index (χ0v) is 21.2. The average molecular weight is 525 g/mol. The highest BCUT2D eigenvalue weighted by atomic mass is 35.5. The van der Waals surface area contributed by atoms with Crippen molar-refractivity contribution in [3.8, 4) is 16.5 Å². The lowest BCUT2D eigenvalue weighted by molar-refractivity contribution is -0.125. The molecule has 0 aliphatic carbocycles. The van der Waals surface area contributed by atoms with Gasteiger partial charge in [0.15, 0.2) is 6.10 Å². The monoisotopic (exact) mass is 524 g/mol. The Hall–Kier alpha value is -3.40. The Morgan fingerprint density at radius 1 is 1.25 bits per heavy atom. The minimum atomic E-state index is -0.664. The van der Waals surface area contributed by atoms with Crippen molar-refractivity contribution in [3.63, 3.8) is 0 Å². The first-order chi connectivity index (χ1) is 17.5. The van der Waals surface area contributed by atoms with Crippen molar-refractivity contribution >= 4 is 57.2 Å². The number of thiophene rings is 1. The van der Waals surface area contributed by atoms with Crippen molar-refractivity contribution in [2.75, 3.05) is 30.0 Å². The van der Waals surface area contributed by atoms with Gasteiger partial charge in [0.25, 0.3) is 11.8 Å². The second-order valence-electron chi connectivity index (χ2n) is 8.40. The number of aromatic amines is 1. The Bertz CT molecular complexity index is 1380. The van der Waals surface area contributed by atoms with Crippen molar-refractivity contribution in [3.05, 3.63) is 58.9 Å². The van der Waals surface area contributed by atoms with E-state index in [1.165, 1.54) is 11.3 Å². The molecule has 1 aliphatic rings. The van der Waals surface area contributed by atoms with Crippen LogP contribution in [-0.2, 0) is 14.3 Å². The van der Waals surface area contributed by atoms with Gasteiger partial charge < -0.3 is 24.7 Å². The topological polar surface area (TPSA) is 96.5 Å². The number of hydrogen-bond acceptors (Lipinski definition) is 6. The lowest BCUT2D eigenvalue weighted by Crippen LogP contribution is -2.41. The van der Waals surface area contributed by atoms with E-state index in [1.54, 1.807) is 17.0 Å². The first-order valence-electron chi connectivity index (χ1n) is 11.7. The number of benzene rings is 2. The van der Waals surface area contributed by atoms with Crippen LogP contribution < -0.4 is 15.0 Å². The first kappa shape index (κ1) is 24.3. The van der Waals surface area contributed by atoms with Gasteiger partial charge in [0.05, 0.1) is 26.9 Å². The van der Waals surface area contributed by atoms with Crippen LogP contribution >= 0.6 is 22.9 Å². The Morgan fingerprint density at radius 3 is 2.81 bits per heavy atom. The molecule has 36 heavy (non-hydrogen) atoms. The summed E-state index contributed by atoms with van der Waals surface area (Å²) in [6.07, 6.45) is 0.677. The molecule has 2 amide bonds. The molecule has 1 aliphatic heterocycles. The highest BCUT2D eigenvalue weighted by molar-refractivity contribution is 7.19. The second-order valence-corrected chi connectivity index (χ2v) is 10.1. The lowest BCUT2D eigenvalue weighted by atomic mass is 10.1. The van der Waals surface area contributed by atoms with Gasteiger partial charge in [-0.25, -0.2) is 4.98 Å². The summed E-state index contributed by atoms with van der Waals surface area (Å²) >= 11 is 7.51. The molecule has 1 fully saturated rings. The molecule has 2 aromatic heterocycles. The molecule has 0 bridgehead atoms. The van der Waals surface area contributed by atoms with Gasteiger partial charge in [-0.15, -0.1) is 11.3 Å².